The Morgan fingerprint density at radius 3 is 0.924 bits per heavy atom. The van der Waals surface area contributed by atoms with Gasteiger partial charge in [-0.1, -0.05) is 309 Å². The second kappa shape index (κ2) is 56.4. The highest BCUT2D eigenvalue weighted by molar-refractivity contribution is 5.76. The van der Waals surface area contributed by atoms with Gasteiger partial charge in [-0.3, -0.25) is 9.59 Å². The molecule has 66 heavy (non-hydrogen) atoms. The number of hydrogen-bond acceptors (Lipinski definition) is 5. The fraction of sp³-hybridized carbons (Fsp3) is 0.967. The van der Waals surface area contributed by atoms with E-state index in [9.17, 15) is 19.8 Å². The molecule has 0 fully saturated rings. The van der Waals surface area contributed by atoms with Crippen molar-refractivity contribution in [2.24, 2.45) is 0 Å². The van der Waals surface area contributed by atoms with E-state index in [4.69, 9.17) is 4.74 Å². The zero-order valence-corrected chi connectivity index (χ0v) is 45.0. The number of rotatable bonds is 57. The van der Waals surface area contributed by atoms with Gasteiger partial charge in [0.25, 0.3) is 0 Å². The van der Waals surface area contributed by atoms with Crippen LogP contribution in [-0.2, 0) is 14.3 Å². The molecule has 0 aromatic heterocycles. The molecule has 6 heteroatoms. The van der Waals surface area contributed by atoms with E-state index in [2.05, 4.69) is 19.2 Å². The Kier molecular flexibility index (Phi) is 55.5. The second-order valence-electron chi connectivity index (χ2n) is 21.1. The van der Waals surface area contributed by atoms with Crippen molar-refractivity contribution in [1.29, 1.82) is 0 Å². The Bertz CT molecular complexity index is 944. The highest BCUT2D eigenvalue weighted by Gasteiger charge is 2.20. The molecule has 6 nitrogen and oxygen atoms in total. The van der Waals surface area contributed by atoms with Crippen molar-refractivity contribution in [3.63, 3.8) is 0 Å². The van der Waals surface area contributed by atoms with E-state index < -0.39 is 12.1 Å². The number of carbonyl (C=O) groups is 2. The maximum Gasteiger partial charge on any atom is 0.305 e. The predicted octanol–water partition coefficient (Wildman–Crippen LogP) is 18.7. The van der Waals surface area contributed by atoms with Crippen LogP contribution in [0.4, 0.5) is 0 Å². The van der Waals surface area contributed by atoms with E-state index >= 15 is 0 Å². The predicted molar refractivity (Wildman–Crippen MR) is 287 cm³/mol. The van der Waals surface area contributed by atoms with Crippen molar-refractivity contribution in [3.8, 4) is 0 Å². The highest BCUT2D eigenvalue weighted by atomic mass is 16.5. The zero-order chi connectivity index (χ0) is 47.9. The summed E-state index contributed by atoms with van der Waals surface area (Å²) in [5, 5.41) is 23.1. The largest absolute Gasteiger partial charge is 0.466 e. The van der Waals surface area contributed by atoms with Crippen molar-refractivity contribution >= 4 is 11.9 Å². The Labute approximate surface area is 413 Å². The Hall–Kier alpha value is -1.14. The van der Waals surface area contributed by atoms with Crippen molar-refractivity contribution in [2.45, 2.75) is 360 Å². The van der Waals surface area contributed by atoms with Gasteiger partial charge in [0.15, 0.2) is 0 Å². The number of carbonyl (C=O) groups excluding carboxylic acids is 2. The first kappa shape index (κ1) is 64.9. The van der Waals surface area contributed by atoms with Crippen LogP contribution >= 0.6 is 0 Å². The van der Waals surface area contributed by atoms with E-state index in [0.717, 1.165) is 38.5 Å². The molecular formula is C60H119NO5. The number of amides is 1. The second-order valence-corrected chi connectivity index (χ2v) is 21.1. The average Bonchev–Trinajstić information content (AvgIpc) is 3.32. The monoisotopic (exact) mass is 934 g/mol. The Balaban J connectivity index is 3.32. The molecule has 0 heterocycles. The third kappa shape index (κ3) is 52.2. The summed E-state index contributed by atoms with van der Waals surface area (Å²) in [5.41, 5.74) is 0. The van der Waals surface area contributed by atoms with Crippen LogP contribution in [0.1, 0.15) is 348 Å². The molecule has 0 rings (SSSR count). The van der Waals surface area contributed by atoms with Gasteiger partial charge in [-0.15, -0.1) is 0 Å². The lowest BCUT2D eigenvalue weighted by molar-refractivity contribution is -0.143. The normalized spacial score (nSPS) is 12.5. The van der Waals surface area contributed by atoms with E-state index in [1.165, 1.54) is 276 Å². The molecule has 0 aliphatic carbocycles. The van der Waals surface area contributed by atoms with Crippen LogP contribution in [0.25, 0.3) is 0 Å². The van der Waals surface area contributed by atoms with Gasteiger partial charge in [0.1, 0.15) is 0 Å². The summed E-state index contributed by atoms with van der Waals surface area (Å²) in [6.45, 7) is 4.97. The number of unbranched alkanes of at least 4 members (excludes halogenated alkanes) is 46. The minimum atomic E-state index is -0.660. The van der Waals surface area contributed by atoms with Crippen LogP contribution < -0.4 is 5.32 Å². The van der Waals surface area contributed by atoms with Crippen LogP contribution in [0.3, 0.4) is 0 Å². The summed E-state index contributed by atoms with van der Waals surface area (Å²) in [6.07, 6.45) is 65.5. The first-order valence-electron chi connectivity index (χ1n) is 30.3. The fourth-order valence-corrected chi connectivity index (χ4v) is 9.76. The van der Waals surface area contributed by atoms with Crippen molar-refractivity contribution in [2.75, 3.05) is 13.2 Å². The van der Waals surface area contributed by atoms with Crippen LogP contribution in [0, 0.1) is 0 Å². The van der Waals surface area contributed by atoms with E-state index in [1.807, 2.05) is 0 Å². The number of aliphatic hydroxyl groups is 2. The molecule has 0 radical (unpaired) electrons. The van der Waals surface area contributed by atoms with Gasteiger partial charge in [-0.25, -0.2) is 0 Å². The third-order valence-corrected chi connectivity index (χ3v) is 14.4. The Morgan fingerprint density at radius 1 is 0.364 bits per heavy atom. The molecule has 0 aromatic carbocycles. The number of aliphatic hydroxyl groups excluding tert-OH is 2. The van der Waals surface area contributed by atoms with Crippen LogP contribution in [0.2, 0.25) is 0 Å². The average molecular weight is 935 g/mol. The lowest BCUT2D eigenvalue weighted by atomic mass is 10.0. The molecule has 0 spiro atoms. The number of hydrogen-bond donors (Lipinski definition) is 3. The smallest absolute Gasteiger partial charge is 0.305 e. The van der Waals surface area contributed by atoms with E-state index in [0.29, 0.717) is 25.9 Å². The standard InChI is InChI=1S/C60H119NO5/c1-3-5-7-9-11-13-15-16-17-28-31-34-38-42-46-50-54-60(65)66-55-51-47-43-39-35-32-29-26-24-22-20-18-19-21-23-25-27-30-33-37-41-45-49-53-59(64)61-57(56-62)58(63)52-48-44-40-36-14-12-10-8-6-4-2/h57-58,62-63H,3-56H2,1-2H3,(H,61,64). The maximum absolute atomic E-state index is 12.4. The Morgan fingerprint density at radius 2 is 0.621 bits per heavy atom. The molecule has 2 unspecified atom stereocenters. The summed E-state index contributed by atoms with van der Waals surface area (Å²) < 4.78 is 5.49. The molecule has 1 amide bonds. The van der Waals surface area contributed by atoms with Crippen LogP contribution in [-0.4, -0.2) is 47.4 Å². The lowest BCUT2D eigenvalue weighted by Crippen LogP contribution is -2.45. The summed E-state index contributed by atoms with van der Waals surface area (Å²) in [4.78, 5) is 24.5. The summed E-state index contributed by atoms with van der Waals surface area (Å²) in [7, 11) is 0. The minimum Gasteiger partial charge on any atom is -0.466 e. The van der Waals surface area contributed by atoms with E-state index in [1.54, 1.807) is 0 Å². The SMILES string of the molecule is CCCCCCCCCCCCCCCCCCC(=O)OCCCCCCCCCCCCCCCCCCCCCCCCCC(=O)NC(CO)C(O)CCCCCCCCCCCC. The van der Waals surface area contributed by atoms with Gasteiger partial charge in [0, 0.05) is 12.8 Å². The van der Waals surface area contributed by atoms with Gasteiger partial charge in [0.2, 0.25) is 5.91 Å². The fourth-order valence-electron chi connectivity index (χ4n) is 9.76. The van der Waals surface area contributed by atoms with Crippen molar-refractivity contribution in [3.05, 3.63) is 0 Å². The first-order chi connectivity index (χ1) is 32.5. The van der Waals surface area contributed by atoms with Crippen LogP contribution in [0.5, 0.6) is 0 Å². The molecule has 2 atom stereocenters. The number of nitrogens with one attached hydrogen (secondary N) is 1. The number of ether oxygens (including phenoxy) is 1. The first-order valence-corrected chi connectivity index (χ1v) is 30.3. The van der Waals surface area contributed by atoms with Gasteiger partial charge >= 0.3 is 5.97 Å². The summed E-state index contributed by atoms with van der Waals surface area (Å²) in [6, 6.07) is -0.538. The zero-order valence-electron chi connectivity index (χ0n) is 45.0. The van der Waals surface area contributed by atoms with Crippen molar-refractivity contribution in [1.82, 2.24) is 5.32 Å². The molecule has 0 aliphatic heterocycles. The molecule has 0 bridgehead atoms. The molecule has 0 aliphatic rings. The molecule has 0 saturated carbocycles. The molecule has 0 aromatic rings. The number of esters is 1. The van der Waals surface area contributed by atoms with Gasteiger partial charge in [0.05, 0.1) is 25.4 Å². The summed E-state index contributed by atoms with van der Waals surface area (Å²) in [5.74, 6) is -0.0156. The minimum absolute atomic E-state index is 0.0186. The topological polar surface area (TPSA) is 95.9 Å². The quantitative estimate of drug-likeness (QED) is 0.0417. The molecule has 0 saturated heterocycles. The van der Waals surface area contributed by atoms with Gasteiger partial charge in [-0.05, 0) is 25.7 Å². The molecular weight excluding hydrogens is 815 g/mol. The maximum atomic E-state index is 12.4. The molecule has 394 valence electrons. The van der Waals surface area contributed by atoms with Crippen LogP contribution in [0.15, 0.2) is 0 Å². The van der Waals surface area contributed by atoms with Gasteiger partial charge in [-0.2, -0.15) is 0 Å². The molecule has 3 N–H and O–H groups in total. The highest BCUT2D eigenvalue weighted by Crippen LogP contribution is 2.18. The van der Waals surface area contributed by atoms with Gasteiger partial charge < -0.3 is 20.3 Å². The van der Waals surface area contributed by atoms with Crippen molar-refractivity contribution < 1.29 is 24.5 Å². The third-order valence-electron chi connectivity index (χ3n) is 14.4. The van der Waals surface area contributed by atoms with E-state index in [-0.39, 0.29) is 18.5 Å². The summed E-state index contributed by atoms with van der Waals surface area (Å²) >= 11 is 0. The lowest BCUT2D eigenvalue weighted by Gasteiger charge is -2.22.